The lowest BCUT2D eigenvalue weighted by atomic mass is 10.1. The summed E-state index contributed by atoms with van der Waals surface area (Å²) < 4.78 is 0. The van der Waals surface area contributed by atoms with E-state index in [0.717, 1.165) is 17.1 Å². The zero-order valence-corrected chi connectivity index (χ0v) is 12.8. The van der Waals surface area contributed by atoms with E-state index in [1.165, 1.54) is 0 Å². The van der Waals surface area contributed by atoms with Gasteiger partial charge in [0.1, 0.15) is 5.84 Å². The number of rotatable bonds is 4. The lowest BCUT2D eigenvalue weighted by molar-refractivity contribution is 0.0950. The van der Waals surface area contributed by atoms with Gasteiger partial charge in [-0.15, -0.1) is 0 Å². The second kappa shape index (κ2) is 6.75. The third kappa shape index (κ3) is 3.55. The van der Waals surface area contributed by atoms with Crippen molar-refractivity contribution in [2.24, 2.45) is 4.99 Å². The highest BCUT2D eigenvalue weighted by Crippen LogP contribution is 2.16. The van der Waals surface area contributed by atoms with Crippen molar-refractivity contribution in [2.75, 3.05) is 11.4 Å². The normalized spacial score (nSPS) is 12.9. The van der Waals surface area contributed by atoms with Gasteiger partial charge in [0.05, 0.1) is 12.1 Å². The molecule has 1 aromatic heterocycles. The van der Waals surface area contributed by atoms with Crippen LogP contribution in [0, 0.1) is 12.0 Å². The summed E-state index contributed by atoms with van der Waals surface area (Å²) in [6.07, 6.45) is 3.20. The summed E-state index contributed by atoms with van der Waals surface area (Å²) in [5.41, 5.74) is 2.63. The fourth-order valence-electron chi connectivity index (χ4n) is 2.26. The summed E-state index contributed by atoms with van der Waals surface area (Å²) in [7, 11) is 0. The molecular weight excluding hydrogens is 288 g/mol. The van der Waals surface area contributed by atoms with Crippen molar-refractivity contribution >= 4 is 17.4 Å². The van der Waals surface area contributed by atoms with Gasteiger partial charge in [0.2, 0.25) is 0 Å². The van der Waals surface area contributed by atoms with Crippen LogP contribution in [0.3, 0.4) is 0 Å². The number of benzene rings is 1. The number of carbonyl (C=O) groups is 1. The van der Waals surface area contributed by atoms with Crippen LogP contribution in [0.4, 0.5) is 5.69 Å². The van der Waals surface area contributed by atoms with Crippen molar-refractivity contribution in [1.29, 1.82) is 0 Å². The number of aromatic nitrogens is 1. The molecule has 2 aromatic rings. The number of amides is 1. The summed E-state index contributed by atoms with van der Waals surface area (Å²) in [6.45, 7) is 3.06. The Bertz CT molecular complexity index is 785. The average molecular weight is 304 g/mol. The van der Waals surface area contributed by atoms with Crippen LogP contribution in [0.5, 0.6) is 0 Å². The minimum Gasteiger partial charge on any atom is -0.348 e. The van der Waals surface area contributed by atoms with E-state index >= 15 is 0 Å². The Labute approximate surface area is 135 Å². The summed E-state index contributed by atoms with van der Waals surface area (Å²) in [5, 5.41) is 2.88. The monoisotopic (exact) mass is 304 g/mol. The Balaban J connectivity index is 1.61. The molecule has 1 N–H and O–H groups in total. The van der Waals surface area contributed by atoms with Gasteiger partial charge in [0, 0.05) is 30.7 Å². The van der Waals surface area contributed by atoms with Crippen molar-refractivity contribution in [1.82, 2.24) is 10.3 Å². The van der Waals surface area contributed by atoms with Crippen LogP contribution in [-0.4, -0.2) is 23.3 Å². The molecule has 0 atom stereocenters. The minimum atomic E-state index is -0.128. The summed E-state index contributed by atoms with van der Waals surface area (Å²) in [6, 6.07) is 14.2. The molecule has 1 aliphatic heterocycles. The Kier molecular flexibility index (Phi) is 4.34. The second-order valence-electron chi connectivity index (χ2n) is 5.12. The SMILES string of the molecule is CC1=NC#CCN1c1ccc(CNC(=O)c2cccnc2)cc1. The first-order chi connectivity index (χ1) is 11.2. The molecular formula is C18H16N4O. The number of aliphatic imine (C=N–C) groups is 1. The van der Waals surface area contributed by atoms with E-state index in [-0.39, 0.29) is 5.91 Å². The molecule has 0 fully saturated rings. The molecule has 5 nitrogen and oxygen atoms in total. The molecule has 3 rings (SSSR count). The summed E-state index contributed by atoms with van der Waals surface area (Å²) in [4.78, 5) is 22.1. The maximum Gasteiger partial charge on any atom is 0.253 e. The summed E-state index contributed by atoms with van der Waals surface area (Å²) in [5.74, 6) is 3.72. The van der Waals surface area contributed by atoms with E-state index in [9.17, 15) is 4.79 Å². The molecule has 1 aliphatic rings. The van der Waals surface area contributed by atoms with Gasteiger partial charge in [-0.1, -0.05) is 18.1 Å². The highest BCUT2D eigenvalue weighted by atomic mass is 16.1. The van der Waals surface area contributed by atoms with Crippen LogP contribution in [0.25, 0.3) is 0 Å². The third-order valence-electron chi connectivity index (χ3n) is 3.55. The van der Waals surface area contributed by atoms with Gasteiger partial charge >= 0.3 is 0 Å². The van der Waals surface area contributed by atoms with Crippen molar-refractivity contribution < 1.29 is 4.79 Å². The predicted octanol–water partition coefficient (Wildman–Crippen LogP) is 2.21. The maximum absolute atomic E-state index is 12.0. The largest absolute Gasteiger partial charge is 0.348 e. The number of amidine groups is 1. The number of anilines is 1. The van der Waals surface area contributed by atoms with Gasteiger partial charge in [0.15, 0.2) is 0 Å². The summed E-state index contributed by atoms with van der Waals surface area (Å²) >= 11 is 0. The van der Waals surface area contributed by atoms with Gasteiger partial charge in [-0.05, 0) is 36.8 Å². The smallest absolute Gasteiger partial charge is 0.253 e. The third-order valence-corrected chi connectivity index (χ3v) is 3.55. The first kappa shape index (κ1) is 14.8. The molecule has 1 amide bonds. The topological polar surface area (TPSA) is 57.6 Å². The molecule has 0 spiro atoms. The van der Waals surface area contributed by atoms with Gasteiger partial charge in [0.25, 0.3) is 5.91 Å². The molecule has 23 heavy (non-hydrogen) atoms. The van der Waals surface area contributed by atoms with Crippen LogP contribution < -0.4 is 10.2 Å². The molecule has 114 valence electrons. The number of hydrogen-bond acceptors (Lipinski definition) is 4. The van der Waals surface area contributed by atoms with E-state index in [1.54, 1.807) is 24.5 Å². The van der Waals surface area contributed by atoms with Crippen LogP contribution >= 0.6 is 0 Å². The number of nitrogens with one attached hydrogen (secondary N) is 1. The highest BCUT2D eigenvalue weighted by Gasteiger charge is 2.10. The molecule has 0 radical (unpaired) electrons. The van der Waals surface area contributed by atoms with Crippen molar-refractivity contribution in [3.8, 4) is 12.0 Å². The molecule has 0 saturated heterocycles. The zero-order chi connectivity index (χ0) is 16.1. The van der Waals surface area contributed by atoms with E-state index in [2.05, 4.69) is 32.2 Å². The first-order valence-corrected chi connectivity index (χ1v) is 7.31. The van der Waals surface area contributed by atoms with Gasteiger partial charge in [-0.3, -0.25) is 9.78 Å². The van der Waals surface area contributed by atoms with Crippen molar-refractivity contribution in [3.05, 3.63) is 59.9 Å². The molecule has 5 heteroatoms. The predicted molar refractivity (Wildman–Crippen MR) is 90.1 cm³/mol. The number of hydrogen-bond donors (Lipinski definition) is 1. The fraction of sp³-hybridized carbons (Fsp3) is 0.167. The Morgan fingerprint density at radius 3 is 2.83 bits per heavy atom. The van der Waals surface area contributed by atoms with Crippen LogP contribution in [-0.2, 0) is 6.54 Å². The number of nitrogens with zero attached hydrogens (tertiary/aromatic N) is 3. The molecule has 0 saturated carbocycles. The average Bonchev–Trinajstić information content (AvgIpc) is 2.61. The molecule has 2 heterocycles. The van der Waals surface area contributed by atoms with Gasteiger partial charge in [-0.25, -0.2) is 0 Å². The zero-order valence-electron chi connectivity index (χ0n) is 12.8. The Morgan fingerprint density at radius 2 is 2.13 bits per heavy atom. The van der Waals surface area contributed by atoms with E-state index in [1.807, 2.05) is 31.2 Å². The molecule has 0 aliphatic carbocycles. The van der Waals surface area contributed by atoms with Crippen molar-refractivity contribution in [2.45, 2.75) is 13.5 Å². The number of pyridine rings is 1. The fourth-order valence-corrected chi connectivity index (χ4v) is 2.26. The van der Waals surface area contributed by atoms with Crippen LogP contribution in [0.15, 0.2) is 53.8 Å². The molecule has 1 aromatic carbocycles. The second-order valence-corrected chi connectivity index (χ2v) is 5.12. The number of carbonyl (C=O) groups excluding carboxylic acids is 1. The van der Waals surface area contributed by atoms with E-state index < -0.39 is 0 Å². The van der Waals surface area contributed by atoms with Gasteiger partial charge in [-0.2, -0.15) is 4.99 Å². The molecule has 0 unspecified atom stereocenters. The lowest BCUT2D eigenvalue weighted by Crippen LogP contribution is -2.30. The van der Waals surface area contributed by atoms with Crippen LogP contribution in [0.2, 0.25) is 0 Å². The van der Waals surface area contributed by atoms with Gasteiger partial charge < -0.3 is 10.2 Å². The first-order valence-electron chi connectivity index (χ1n) is 7.31. The Morgan fingerprint density at radius 1 is 1.30 bits per heavy atom. The van der Waals surface area contributed by atoms with E-state index in [4.69, 9.17) is 0 Å². The lowest BCUT2D eigenvalue weighted by Gasteiger charge is -2.23. The van der Waals surface area contributed by atoms with E-state index in [0.29, 0.717) is 18.7 Å². The molecule has 0 bridgehead atoms. The van der Waals surface area contributed by atoms with Crippen molar-refractivity contribution in [3.63, 3.8) is 0 Å². The Hall–Kier alpha value is -3.13. The minimum absolute atomic E-state index is 0.128. The highest BCUT2D eigenvalue weighted by molar-refractivity contribution is 5.97. The van der Waals surface area contributed by atoms with Crippen LogP contribution in [0.1, 0.15) is 22.8 Å². The quantitative estimate of drug-likeness (QED) is 0.881. The standard InChI is InChI=1S/C18H16N4O/c1-14-20-10-3-11-22(14)17-7-5-15(6-8-17)12-21-18(23)16-4-2-9-19-13-16/h2,4-9,13H,11-12H2,1H3,(H,21,23). The maximum atomic E-state index is 12.0.